The van der Waals surface area contributed by atoms with Crippen molar-refractivity contribution in [3.63, 3.8) is 0 Å². The maximum Gasteiger partial charge on any atom is 0.0964 e. The first-order chi connectivity index (χ1) is 3.39. The van der Waals surface area contributed by atoms with Gasteiger partial charge in [-0.05, 0) is 25.5 Å². The molecule has 0 unspecified atom stereocenters. The normalized spacial score (nSPS) is 18.1. The van der Waals surface area contributed by atoms with E-state index in [2.05, 4.69) is 0 Å². The van der Waals surface area contributed by atoms with Gasteiger partial charge >= 0.3 is 0 Å². The Labute approximate surface area is 43.3 Å². The number of allylic oxidation sites excluding steroid dienone is 3. The Morgan fingerprint density at radius 2 is 2.57 bits per heavy atom. The van der Waals surface area contributed by atoms with Crippen LogP contribution in [0.3, 0.4) is 0 Å². The van der Waals surface area contributed by atoms with Crippen molar-refractivity contribution in [3.8, 4) is 0 Å². The summed E-state index contributed by atoms with van der Waals surface area (Å²) in [7, 11) is 0. The lowest BCUT2D eigenvalue weighted by Gasteiger charge is -2.01. The summed E-state index contributed by atoms with van der Waals surface area (Å²) in [5.41, 5.74) is 0. The zero-order chi connectivity index (χ0) is 5.11. The molecule has 38 valence electrons. The van der Waals surface area contributed by atoms with Crippen molar-refractivity contribution >= 4 is 0 Å². The molecule has 0 aromatic heterocycles. The Balaban J connectivity index is 2.50. The molecule has 1 heteroatoms. The molecule has 0 saturated carbocycles. The molecule has 0 fully saturated rings. The van der Waals surface area contributed by atoms with E-state index in [1.807, 2.05) is 19.1 Å². The Morgan fingerprint density at radius 1 is 1.71 bits per heavy atom. The molecule has 0 aromatic rings. The van der Waals surface area contributed by atoms with Gasteiger partial charge in [-0.2, -0.15) is 0 Å². The minimum Gasteiger partial charge on any atom is -0.470 e. The van der Waals surface area contributed by atoms with Crippen LogP contribution in [0.25, 0.3) is 0 Å². The summed E-state index contributed by atoms with van der Waals surface area (Å²) in [5, 5.41) is 0. The molecule has 0 radical (unpaired) electrons. The molecule has 0 aromatic carbocycles. The molecule has 7 heavy (non-hydrogen) atoms. The molecule has 1 aliphatic heterocycles. The summed E-state index contributed by atoms with van der Waals surface area (Å²) in [6, 6.07) is 0. The lowest BCUT2D eigenvalue weighted by atomic mass is 10.3. The largest absolute Gasteiger partial charge is 0.470 e. The van der Waals surface area contributed by atoms with E-state index < -0.39 is 0 Å². The zero-order valence-corrected chi connectivity index (χ0v) is 4.35. The summed E-state index contributed by atoms with van der Waals surface area (Å²) in [4.78, 5) is 0. The minimum atomic E-state index is 1.00. The first kappa shape index (κ1) is 4.44. The third kappa shape index (κ3) is 1.07. The monoisotopic (exact) mass is 96.1 g/mol. The fourth-order valence-electron chi connectivity index (χ4n) is 0.493. The van der Waals surface area contributed by atoms with Crippen molar-refractivity contribution in [2.75, 3.05) is 0 Å². The van der Waals surface area contributed by atoms with E-state index in [0.717, 1.165) is 12.2 Å². The van der Waals surface area contributed by atoms with Crippen LogP contribution in [0, 0.1) is 0 Å². The molecule has 0 bridgehead atoms. The lowest BCUT2D eigenvalue weighted by Crippen LogP contribution is -1.81. The topological polar surface area (TPSA) is 9.23 Å². The molecule has 1 aliphatic rings. The van der Waals surface area contributed by atoms with Gasteiger partial charge in [0.15, 0.2) is 0 Å². The number of hydrogen-bond acceptors (Lipinski definition) is 1. The molecule has 0 amide bonds. The van der Waals surface area contributed by atoms with Gasteiger partial charge in [-0.3, -0.25) is 0 Å². The van der Waals surface area contributed by atoms with Crippen molar-refractivity contribution in [2.45, 2.75) is 13.3 Å². The van der Waals surface area contributed by atoms with E-state index in [-0.39, 0.29) is 0 Å². The fourth-order valence-corrected chi connectivity index (χ4v) is 0.493. The van der Waals surface area contributed by atoms with Crippen molar-refractivity contribution in [3.05, 3.63) is 24.2 Å². The Bertz CT molecular complexity index is 111. The summed E-state index contributed by atoms with van der Waals surface area (Å²) in [6.07, 6.45) is 6.76. The van der Waals surface area contributed by atoms with Crippen LogP contribution in [0.5, 0.6) is 0 Å². The highest BCUT2D eigenvalue weighted by atomic mass is 16.5. The van der Waals surface area contributed by atoms with Gasteiger partial charge in [-0.15, -0.1) is 0 Å². The standard InChI is InChI=1S/C6H8O/c1-6-4-2-3-5-7-6/h3-5H,2H2,1H3. The highest BCUT2D eigenvalue weighted by Gasteiger charge is 1.87. The molecular formula is C6H8O. The molecule has 0 spiro atoms. The predicted molar refractivity (Wildman–Crippen MR) is 28.6 cm³/mol. The third-order valence-electron chi connectivity index (χ3n) is 0.892. The minimum absolute atomic E-state index is 1.00. The first-order valence-corrected chi connectivity index (χ1v) is 2.38. The van der Waals surface area contributed by atoms with Gasteiger partial charge in [0, 0.05) is 0 Å². The van der Waals surface area contributed by atoms with Crippen LogP contribution >= 0.6 is 0 Å². The lowest BCUT2D eigenvalue weighted by molar-refractivity contribution is 0.344. The predicted octanol–water partition coefficient (Wildman–Crippen LogP) is 1.82. The van der Waals surface area contributed by atoms with E-state index in [1.165, 1.54) is 0 Å². The van der Waals surface area contributed by atoms with Gasteiger partial charge < -0.3 is 4.74 Å². The van der Waals surface area contributed by atoms with Crippen LogP contribution in [-0.2, 0) is 4.74 Å². The number of ether oxygens (including phenoxy) is 1. The second kappa shape index (κ2) is 1.82. The van der Waals surface area contributed by atoms with Crippen molar-refractivity contribution in [1.29, 1.82) is 0 Å². The Kier molecular flexibility index (Phi) is 1.16. The number of rotatable bonds is 0. The SMILES string of the molecule is CC1=CCC=CO1. The van der Waals surface area contributed by atoms with E-state index >= 15 is 0 Å². The number of hydrogen-bond donors (Lipinski definition) is 0. The van der Waals surface area contributed by atoms with Gasteiger partial charge in [0.2, 0.25) is 0 Å². The molecule has 0 saturated heterocycles. The van der Waals surface area contributed by atoms with E-state index in [0.29, 0.717) is 0 Å². The zero-order valence-electron chi connectivity index (χ0n) is 4.35. The van der Waals surface area contributed by atoms with Crippen LogP contribution in [0.4, 0.5) is 0 Å². The van der Waals surface area contributed by atoms with E-state index in [4.69, 9.17) is 4.74 Å². The van der Waals surface area contributed by atoms with Gasteiger partial charge in [-0.25, -0.2) is 0 Å². The first-order valence-electron chi connectivity index (χ1n) is 2.38. The van der Waals surface area contributed by atoms with Crippen LogP contribution in [0.2, 0.25) is 0 Å². The second-order valence-electron chi connectivity index (χ2n) is 1.54. The summed E-state index contributed by atoms with van der Waals surface area (Å²) in [6.45, 7) is 1.95. The van der Waals surface area contributed by atoms with Gasteiger partial charge in [-0.1, -0.05) is 0 Å². The summed E-state index contributed by atoms with van der Waals surface area (Å²) >= 11 is 0. The van der Waals surface area contributed by atoms with Gasteiger partial charge in [0.1, 0.15) is 0 Å². The molecule has 1 rings (SSSR count). The smallest absolute Gasteiger partial charge is 0.0964 e. The molecular weight excluding hydrogens is 88.1 g/mol. The maximum atomic E-state index is 4.96. The highest BCUT2D eigenvalue weighted by Crippen LogP contribution is 2.04. The Hall–Kier alpha value is -0.720. The van der Waals surface area contributed by atoms with E-state index in [1.54, 1.807) is 6.26 Å². The van der Waals surface area contributed by atoms with Gasteiger partial charge in [0.05, 0.1) is 12.0 Å². The van der Waals surface area contributed by atoms with Crippen LogP contribution in [-0.4, -0.2) is 0 Å². The quantitative estimate of drug-likeness (QED) is 0.447. The van der Waals surface area contributed by atoms with Crippen LogP contribution in [0.15, 0.2) is 24.2 Å². The fraction of sp³-hybridized carbons (Fsp3) is 0.333. The molecule has 0 atom stereocenters. The average molecular weight is 96.1 g/mol. The second-order valence-corrected chi connectivity index (χ2v) is 1.54. The maximum absolute atomic E-state index is 4.96. The Morgan fingerprint density at radius 3 is 2.86 bits per heavy atom. The molecule has 1 nitrogen and oxygen atoms in total. The molecule has 0 aliphatic carbocycles. The average Bonchev–Trinajstić information content (AvgIpc) is 1.69. The molecule has 0 N–H and O–H groups in total. The summed E-state index contributed by atoms with van der Waals surface area (Å²) in [5.74, 6) is 1.00. The highest BCUT2D eigenvalue weighted by molar-refractivity contribution is 5.00. The third-order valence-corrected chi connectivity index (χ3v) is 0.892. The van der Waals surface area contributed by atoms with Crippen molar-refractivity contribution in [2.24, 2.45) is 0 Å². The van der Waals surface area contributed by atoms with Gasteiger partial charge in [0.25, 0.3) is 0 Å². The van der Waals surface area contributed by atoms with Crippen molar-refractivity contribution < 1.29 is 4.74 Å². The molecule has 1 heterocycles. The summed E-state index contributed by atoms with van der Waals surface area (Å²) < 4.78 is 4.96. The van der Waals surface area contributed by atoms with E-state index in [9.17, 15) is 0 Å². The van der Waals surface area contributed by atoms with Crippen LogP contribution in [0.1, 0.15) is 13.3 Å². The van der Waals surface area contributed by atoms with Crippen LogP contribution < -0.4 is 0 Å². The van der Waals surface area contributed by atoms with Crippen molar-refractivity contribution in [1.82, 2.24) is 0 Å².